The quantitative estimate of drug-likeness (QED) is 0.436. The summed E-state index contributed by atoms with van der Waals surface area (Å²) in [6.07, 6.45) is 7.82. The molecule has 4 rings (SSSR count). The zero-order valence-corrected chi connectivity index (χ0v) is 22.8. The van der Waals surface area contributed by atoms with Crippen LogP contribution >= 0.6 is 0 Å². The Morgan fingerprint density at radius 1 is 1.26 bits per heavy atom. The zero-order valence-electron chi connectivity index (χ0n) is 22.8. The molecule has 2 aliphatic rings. The van der Waals surface area contributed by atoms with Gasteiger partial charge in [0.15, 0.2) is 0 Å². The van der Waals surface area contributed by atoms with Crippen LogP contribution in [0.4, 0.5) is 8.78 Å². The van der Waals surface area contributed by atoms with Crippen LogP contribution in [-0.4, -0.2) is 46.8 Å². The minimum absolute atomic E-state index is 0.280. The predicted molar refractivity (Wildman–Crippen MR) is 146 cm³/mol. The molecule has 1 aliphatic heterocycles. The summed E-state index contributed by atoms with van der Waals surface area (Å²) in [7, 11) is 1.72. The zero-order chi connectivity index (χ0) is 27.7. The van der Waals surface area contributed by atoms with Gasteiger partial charge in [-0.2, -0.15) is 5.26 Å². The van der Waals surface area contributed by atoms with E-state index in [1.807, 2.05) is 25.1 Å². The summed E-state index contributed by atoms with van der Waals surface area (Å²) < 4.78 is 28.2. The molecule has 2 heterocycles. The number of nitriles is 1. The number of aliphatic hydroxyl groups is 1. The van der Waals surface area contributed by atoms with E-state index in [2.05, 4.69) is 41.7 Å². The number of nitrogens with one attached hydrogen (secondary N) is 1. The minimum atomic E-state index is -0.627. The lowest BCUT2D eigenvalue weighted by Crippen LogP contribution is -2.62. The first-order valence-corrected chi connectivity index (χ1v) is 13.3. The third kappa shape index (κ3) is 5.82. The van der Waals surface area contributed by atoms with Crippen LogP contribution in [0, 0.1) is 28.4 Å². The summed E-state index contributed by atoms with van der Waals surface area (Å²) in [5, 5.41) is 22.9. The van der Waals surface area contributed by atoms with Crippen molar-refractivity contribution in [3.05, 3.63) is 83.2 Å². The van der Waals surface area contributed by atoms with Crippen LogP contribution in [0.1, 0.15) is 69.7 Å². The molecule has 0 amide bonds. The maximum atomic E-state index is 14.7. The summed E-state index contributed by atoms with van der Waals surface area (Å²) in [5.41, 5.74) is 1.99. The van der Waals surface area contributed by atoms with E-state index < -0.39 is 17.2 Å². The molecule has 0 radical (unpaired) electrons. The van der Waals surface area contributed by atoms with Gasteiger partial charge >= 0.3 is 0 Å². The Morgan fingerprint density at radius 3 is 2.55 bits per heavy atom. The number of hydrogen-bond donors (Lipinski definition) is 2. The highest BCUT2D eigenvalue weighted by atomic mass is 19.1. The Bertz CT molecular complexity index is 1260. The summed E-state index contributed by atoms with van der Waals surface area (Å²) in [6.45, 7) is 12.3. The van der Waals surface area contributed by atoms with Crippen LogP contribution in [-0.2, 0) is 5.41 Å². The second kappa shape index (κ2) is 10.6. The first kappa shape index (κ1) is 27.9. The molecule has 1 aliphatic carbocycles. The lowest BCUT2D eigenvalue weighted by Gasteiger charge is -2.57. The molecule has 1 saturated heterocycles. The summed E-state index contributed by atoms with van der Waals surface area (Å²) in [5.74, 6) is -1.24. The average Bonchev–Trinajstić information content (AvgIpc) is 2.85. The third-order valence-corrected chi connectivity index (χ3v) is 8.49. The summed E-state index contributed by atoms with van der Waals surface area (Å²) in [4.78, 5) is 6.61. The van der Waals surface area contributed by atoms with Crippen LogP contribution in [0.25, 0.3) is 5.70 Å². The lowest BCUT2D eigenvalue weighted by atomic mass is 9.62. The van der Waals surface area contributed by atoms with Crippen molar-refractivity contribution in [2.45, 2.75) is 69.9 Å². The highest BCUT2D eigenvalue weighted by Gasteiger charge is 2.50. The molecule has 2 N–H and O–H groups in total. The van der Waals surface area contributed by atoms with Gasteiger partial charge < -0.3 is 10.4 Å². The molecule has 0 unspecified atom stereocenters. The largest absolute Gasteiger partial charge is 0.390 e. The van der Waals surface area contributed by atoms with Crippen molar-refractivity contribution in [3.63, 3.8) is 0 Å². The molecular weight excluding hydrogens is 482 g/mol. The molecule has 7 heteroatoms. The normalized spacial score (nSPS) is 23.8. The number of nitrogens with zero attached hydrogens (tertiary/aromatic N) is 3. The fourth-order valence-corrected chi connectivity index (χ4v) is 6.19. The molecule has 2 aromatic rings. The second-order valence-electron chi connectivity index (χ2n) is 12.0. The van der Waals surface area contributed by atoms with Gasteiger partial charge in [0.1, 0.15) is 23.4 Å². The van der Waals surface area contributed by atoms with Gasteiger partial charge in [0, 0.05) is 55.1 Å². The number of likely N-dealkylation sites (tertiary alicyclic amines) is 1. The Morgan fingerprint density at radius 2 is 1.95 bits per heavy atom. The van der Waals surface area contributed by atoms with Gasteiger partial charge in [0.05, 0.1) is 5.60 Å². The number of hydrogen-bond acceptors (Lipinski definition) is 5. The molecular formula is C31H38F2N4O. The van der Waals surface area contributed by atoms with E-state index in [0.717, 1.165) is 62.4 Å². The van der Waals surface area contributed by atoms with Crippen molar-refractivity contribution in [2.75, 3.05) is 20.1 Å². The fraction of sp³-hybridized carbons (Fsp3) is 0.484. The molecule has 0 atom stereocenters. The van der Waals surface area contributed by atoms with Crippen LogP contribution in [0.3, 0.4) is 0 Å². The second-order valence-corrected chi connectivity index (χ2v) is 12.0. The van der Waals surface area contributed by atoms with Crippen LogP contribution < -0.4 is 5.32 Å². The number of pyridine rings is 1. The van der Waals surface area contributed by atoms with E-state index in [-0.39, 0.29) is 10.8 Å². The molecule has 38 heavy (non-hydrogen) atoms. The summed E-state index contributed by atoms with van der Waals surface area (Å²) in [6, 6.07) is 9.94. The number of aromatic nitrogens is 1. The molecule has 202 valence electrons. The van der Waals surface area contributed by atoms with Crippen molar-refractivity contribution in [1.29, 1.82) is 5.26 Å². The number of benzene rings is 1. The predicted octanol–water partition coefficient (Wildman–Crippen LogP) is 5.71. The van der Waals surface area contributed by atoms with E-state index in [9.17, 15) is 19.1 Å². The first-order chi connectivity index (χ1) is 17.9. The Balaban J connectivity index is 1.64. The van der Waals surface area contributed by atoms with E-state index in [1.165, 1.54) is 12.1 Å². The number of halogens is 2. The maximum absolute atomic E-state index is 14.7. The Labute approximate surface area is 224 Å². The monoisotopic (exact) mass is 520 g/mol. The maximum Gasteiger partial charge on any atom is 0.140 e. The van der Waals surface area contributed by atoms with E-state index in [1.54, 1.807) is 13.2 Å². The molecule has 1 saturated carbocycles. The van der Waals surface area contributed by atoms with Crippen molar-refractivity contribution in [1.82, 2.24) is 15.2 Å². The van der Waals surface area contributed by atoms with Gasteiger partial charge in [-0.15, -0.1) is 0 Å². The van der Waals surface area contributed by atoms with Gasteiger partial charge in [-0.05, 0) is 85.9 Å². The number of rotatable bonds is 8. The SMILES string of the molecule is C=C(/C=C(\NC)c1ccc(F)cc1F)C1(CC(C)(C)c2ccnc(C#N)c2)CN(C2CCC(C)(O)CC2)C1. The van der Waals surface area contributed by atoms with Gasteiger partial charge in [-0.3, -0.25) is 4.90 Å². The van der Waals surface area contributed by atoms with E-state index in [0.29, 0.717) is 23.0 Å². The van der Waals surface area contributed by atoms with Crippen molar-refractivity contribution < 1.29 is 13.9 Å². The molecule has 5 nitrogen and oxygen atoms in total. The minimum Gasteiger partial charge on any atom is -0.390 e. The van der Waals surface area contributed by atoms with Crippen LogP contribution in [0.2, 0.25) is 0 Å². The third-order valence-electron chi connectivity index (χ3n) is 8.49. The van der Waals surface area contributed by atoms with E-state index >= 15 is 0 Å². The fourth-order valence-electron chi connectivity index (χ4n) is 6.19. The molecule has 1 aromatic heterocycles. The van der Waals surface area contributed by atoms with E-state index in [4.69, 9.17) is 0 Å². The van der Waals surface area contributed by atoms with Crippen LogP contribution in [0.5, 0.6) is 0 Å². The molecule has 0 spiro atoms. The summed E-state index contributed by atoms with van der Waals surface area (Å²) >= 11 is 0. The molecule has 1 aromatic carbocycles. The average molecular weight is 521 g/mol. The lowest BCUT2D eigenvalue weighted by molar-refractivity contribution is -0.0616. The van der Waals surface area contributed by atoms with Crippen LogP contribution in [0.15, 0.2) is 54.8 Å². The van der Waals surface area contributed by atoms with Crippen molar-refractivity contribution in [3.8, 4) is 6.07 Å². The molecule has 2 fully saturated rings. The van der Waals surface area contributed by atoms with Gasteiger partial charge in [0.2, 0.25) is 0 Å². The highest BCUT2D eigenvalue weighted by Crippen LogP contribution is 2.50. The van der Waals surface area contributed by atoms with Gasteiger partial charge in [-0.25, -0.2) is 13.8 Å². The van der Waals surface area contributed by atoms with Crippen molar-refractivity contribution in [2.24, 2.45) is 5.41 Å². The Hall–Kier alpha value is -3.08. The first-order valence-electron chi connectivity index (χ1n) is 13.3. The standard InChI is InChI=1S/C31H38F2N4O/c1-21(14-28(35-5)26-7-6-23(32)16-27(26)33)31(18-29(2,3)22-10-13-36-24(15-22)17-34)19-37(20-31)25-8-11-30(4,38)12-9-25/h6-7,10,13-16,25,35,38H,1,8-9,11-12,18-20H2,2-5H3/b28-14-. The van der Waals surface area contributed by atoms with Gasteiger partial charge in [0.25, 0.3) is 0 Å². The van der Waals surface area contributed by atoms with Crippen molar-refractivity contribution >= 4 is 5.70 Å². The van der Waals surface area contributed by atoms with Gasteiger partial charge in [-0.1, -0.05) is 20.4 Å². The topological polar surface area (TPSA) is 72.2 Å². The smallest absolute Gasteiger partial charge is 0.140 e. The number of allylic oxidation sites excluding steroid dienone is 1. The highest BCUT2D eigenvalue weighted by molar-refractivity contribution is 5.67. The molecule has 0 bridgehead atoms. The Kier molecular flexibility index (Phi) is 7.79.